The van der Waals surface area contributed by atoms with Crippen molar-refractivity contribution in [2.75, 3.05) is 5.75 Å². The van der Waals surface area contributed by atoms with Gasteiger partial charge in [0.1, 0.15) is 5.60 Å². The van der Waals surface area contributed by atoms with Crippen LogP contribution >= 0.6 is 27.7 Å². The van der Waals surface area contributed by atoms with E-state index in [0.717, 1.165) is 22.2 Å². The Labute approximate surface area is 103 Å². The van der Waals surface area contributed by atoms with Gasteiger partial charge in [-0.15, -0.1) is 0 Å². The number of halogens is 1. The summed E-state index contributed by atoms with van der Waals surface area (Å²) >= 11 is 5.30. The fraction of sp³-hybridized carbons (Fsp3) is 0.500. The number of thioether (sulfide) groups is 1. The van der Waals surface area contributed by atoms with Gasteiger partial charge in [0.2, 0.25) is 0 Å². The predicted octanol–water partition coefficient (Wildman–Crippen LogP) is 3.47. The van der Waals surface area contributed by atoms with Crippen LogP contribution in [0.4, 0.5) is 0 Å². The Morgan fingerprint density at radius 1 is 1.53 bits per heavy atom. The summed E-state index contributed by atoms with van der Waals surface area (Å²) in [6, 6.07) is 6.13. The van der Waals surface area contributed by atoms with Gasteiger partial charge in [-0.1, -0.05) is 28.9 Å². The third-order valence-electron chi connectivity index (χ3n) is 3.18. The summed E-state index contributed by atoms with van der Waals surface area (Å²) in [7, 11) is 0. The van der Waals surface area contributed by atoms with Crippen molar-refractivity contribution in [1.29, 1.82) is 0 Å². The smallest absolute Gasteiger partial charge is 0.102 e. The van der Waals surface area contributed by atoms with Crippen LogP contribution in [0.2, 0.25) is 0 Å². The van der Waals surface area contributed by atoms with Crippen molar-refractivity contribution < 1.29 is 5.11 Å². The molecule has 2 atom stereocenters. The van der Waals surface area contributed by atoms with Gasteiger partial charge in [-0.2, -0.15) is 11.8 Å². The monoisotopic (exact) mass is 286 g/mol. The first-order valence-corrected chi connectivity index (χ1v) is 6.99. The van der Waals surface area contributed by atoms with Crippen LogP contribution < -0.4 is 0 Å². The van der Waals surface area contributed by atoms with Crippen molar-refractivity contribution in [3.8, 4) is 0 Å². The lowest BCUT2D eigenvalue weighted by Gasteiger charge is -2.29. The van der Waals surface area contributed by atoms with Crippen LogP contribution in [0.1, 0.15) is 24.5 Å². The van der Waals surface area contributed by atoms with Gasteiger partial charge >= 0.3 is 0 Å². The van der Waals surface area contributed by atoms with Gasteiger partial charge in [0.15, 0.2) is 0 Å². The number of hydrogen-bond acceptors (Lipinski definition) is 2. The molecule has 0 amide bonds. The molecule has 2 rings (SSSR count). The highest BCUT2D eigenvalue weighted by molar-refractivity contribution is 9.10. The Morgan fingerprint density at radius 3 is 2.80 bits per heavy atom. The minimum atomic E-state index is -0.630. The van der Waals surface area contributed by atoms with E-state index in [9.17, 15) is 5.11 Å². The second-order valence-electron chi connectivity index (χ2n) is 4.15. The molecule has 15 heavy (non-hydrogen) atoms. The molecule has 1 aromatic carbocycles. The highest BCUT2D eigenvalue weighted by Gasteiger charge is 2.41. The number of rotatable bonds is 1. The SMILES string of the molecule is Cc1cc(Br)ccc1C1(O)CCSC1C. The molecule has 0 aromatic heterocycles. The summed E-state index contributed by atoms with van der Waals surface area (Å²) in [6.07, 6.45) is 0.862. The Morgan fingerprint density at radius 2 is 2.27 bits per heavy atom. The number of aliphatic hydroxyl groups is 1. The van der Waals surface area contributed by atoms with Gasteiger partial charge in [-0.25, -0.2) is 0 Å². The largest absolute Gasteiger partial charge is 0.384 e. The van der Waals surface area contributed by atoms with E-state index in [2.05, 4.69) is 35.8 Å². The first-order valence-electron chi connectivity index (χ1n) is 5.14. The molecule has 2 unspecified atom stereocenters. The molecule has 0 aliphatic carbocycles. The molecule has 1 N–H and O–H groups in total. The molecular weight excluding hydrogens is 272 g/mol. The minimum Gasteiger partial charge on any atom is -0.384 e. The summed E-state index contributed by atoms with van der Waals surface area (Å²) < 4.78 is 1.07. The van der Waals surface area contributed by atoms with E-state index in [0.29, 0.717) is 0 Å². The van der Waals surface area contributed by atoms with Crippen molar-refractivity contribution >= 4 is 27.7 Å². The van der Waals surface area contributed by atoms with Crippen LogP contribution in [0.5, 0.6) is 0 Å². The zero-order chi connectivity index (χ0) is 11.1. The summed E-state index contributed by atoms with van der Waals surface area (Å²) in [4.78, 5) is 0. The van der Waals surface area contributed by atoms with E-state index in [4.69, 9.17) is 0 Å². The van der Waals surface area contributed by atoms with Gasteiger partial charge in [-0.05, 0) is 42.4 Å². The van der Waals surface area contributed by atoms with Crippen molar-refractivity contribution in [1.82, 2.24) is 0 Å². The molecule has 1 aliphatic heterocycles. The van der Waals surface area contributed by atoms with Crippen molar-refractivity contribution in [2.45, 2.75) is 31.1 Å². The third kappa shape index (κ3) is 1.97. The van der Waals surface area contributed by atoms with Crippen LogP contribution in [0, 0.1) is 6.92 Å². The molecule has 1 nitrogen and oxygen atoms in total. The molecule has 1 aromatic rings. The molecular formula is C12H15BrOS. The fourth-order valence-electron chi connectivity index (χ4n) is 2.20. The topological polar surface area (TPSA) is 20.2 Å². The molecule has 1 fully saturated rings. The summed E-state index contributed by atoms with van der Waals surface area (Å²) in [5.41, 5.74) is 1.62. The molecule has 0 spiro atoms. The third-order valence-corrected chi connectivity index (χ3v) is 5.00. The number of hydrogen-bond donors (Lipinski definition) is 1. The molecule has 1 aliphatic rings. The van der Waals surface area contributed by atoms with Crippen molar-refractivity contribution in [3.05, 3.63) is 33.8 Å². The lowest BCUT2D eigenvalue weighted by atomic mass is 9.86. The second kappa shape index (κ2) is 4.11. The van der Waals surface area contributed by atoms with Crippen molar-refractivity contribution in [2.24, 2.45) is 0 Å². The zero-order valence-electron chi connectivity index (χ0n) is 8.96. The summed E-state index contributed by atoms with van der Waals surface area (Å²) in [5, 5.41) is 11.0. The predicted molar refractivity (Wildman–Crippen MR) is 69.3 cm³/mol. The van der Waals surface area contributed by atoms with Gasteiger partial charge in [-0.3, -0.25) is 0 Å². The van der Waals surface area contributed by atoms with Crippen LogP contribution in [0.25, 0.3) is 0 Å². The van der Waals surface area contributed by atoms with E-state index in [1.54, 1.807) is 0 Å². The van der Waals surface area contributed by atoms with Gasteiger partial charge < -0.3 is 5.11 Å². The molecule has 3 heteroatoms. The van der Waals surface area contributed by atoms with Crippen LogP contribution in [-0.4, -0.2) is 16.1 Å². The zero-order valence-corrected chi connectivity index (χ0v) is 11.4. The lowest BCUT2D eigenvalue weighted by molar-refractivity contribution is 0.0421. The van der Waals surface area contributed by atoms with E-state index in [1.807, 2.05) is 23.9 Å². The van der Waals surface area contributed by atoms with Crippen LogP contribution in [-0.2, 0) is 5.60 Å². The minimum absolute atomic E-state index is 0.289. The molecule has 82 valence electrons. The number of aryl methyl sites for hydroxylation is 1. The first kappa shape index (κ1) is 11.5. The number of benzene rings is 1. The standard InChI is InChI=1S/C12H15BrOS/c1-8-7-10(13)3-4-11(8)12(14)5-6-15-9(12)2/h3-4,7,9,14H,5-6H2,1-2H3. The van der Waals surface area contributed by atoms with Crippen molar-refractivity contribution in [3.63, 3.8) is 0 Å². The van der Waals surface area contributed by atoms with Gasteiger partial charge in [0.25, 0.3) is 0 Å². The van der Waals surface area contributed by atoms with E-state index < -0.39 is 5.60 Å². The van der Waals surface area contributed by atoms with Gasteiger partial charge in [0.05, 0.1) is 0 Å². The maximum Gasteiger partial charge on any atom is 0.102 e. The maximum absolute atomic E-state index is 10.7. The normalized spacial score (nSPS) is 30.8. The molecule has 1 heterocycles. The second-order valence-corrected chi connectivity index (χ2v) is 6.51. The summed E-state index contributed by atoms with van der Waals surface area (Å²) in [5.74, 6) is 1.05. The molecule has 1 saturated heterocycles. The maximum atomic E-state index is 10.7. The lowest BCUT2D eigenvalue weighted by Crippen LogP contribution is -2.32. The highest BCUT2D eigenvalue weighted by atomic mass is 79.9. The van der Waals surface area contributed by atoms with Crippen LogP contribution in [0.3, 0.4) is 0 Å². The Balaban J connectivity index is 2.44. The van der Waals surface area contributed by atoms with Crippen LogP contribution in [0.15, 0.2) is 22.7 Å². The highest BCUT2D eigenvalue weighted by Crippen LogP contribution is 2.44. The first-order chi connectivity index (χ1) is 7.04. The average molecular weight is 287 g/mol. The summed E-state index contributed by atoms with van der Waals surface area (Å²) in [6.45, 7) is 4.17. The van der Waals surface area contributed by atoms with E-state index in [1.165, 1.54) is 5.56 Å². The molecule has 0 radical (unpaired) electrons. The van der Waals surface area contributed by atoms with E-state index in [-0.39, 0.29) is 5.25 Å². The molecule has 0 bridgehead atoms. The van der Waals surface area contributed by atoms with Gasteiger partial charge in [0, 0.05) is 9.72 Å². The van der Waals surface area contributed by atoms with E-state index >= 15 is 0 Å². The molecule has 0 saturated carbocycles. The quantitative estimate of drug-likeness (QED) is 0.853. The fourth-order valence-corrected chi connectivity index (χ4v) is 3.98. The Hall–Kier alpha value is 0.01000. The Bertz CT molecular complexity index is 380. The average Bonchev–Trinajstić information content (AvgIpc) is 2.47. The Kier molecular flexibility index (Phi) is 3.15.